The molecule has 0 aromatic carbocycles. The highest BCUT2D eigenvalue weighted by atomic mass is 32.2. The van der Waals surface area contributed by atoms with Crippen LogP contribution in [0.25, 0.3) is 5.52 Å². The van der Waals surface area contributed by atoms with Crippen molar-refractivity contribution in [1.82, 2.24) is 14.9 Å². The lowest BCUT2D eigenvalue weighted by Crippen LogP contribution is -2.32. The Morgan fingerprint density at radius 1 is 1.44 bits per heavy atom. The molecule has 0 bridgehead atoms. The van der Waals surface area contributed by atoms with Gasteiger partial charge in [0.2, 0.25) is 0 Å². The Morgan fingerprint density at radius 3 is 2.94 bits per heavy atom. The number of pyridine rings is 1. The third kappa shape index (κ3) is 3.30. The monoisotopic (exact) mass is 267 g/mol. The van der Waals surface area contributed by atoms with Crippen molar-refractivity contribution in [2.24, 2.45) is 0 Å². The predicted molar refractivity (Wildman–Crippen MR) is 71.2 cm³/mol. The van der Waals surface area contributed by atoms with E-state index in [2.05, 4.69) is 10.4 Å². The average molecular weight is 267 g/mol. The zero-order chi connectivity index (χ0) is 13.2. The second-order valence-corrected chi connectivity index (χ2v) is 6.76. The molecule has 98 valence electrons. The van der Waals surface area contributed by atoms with Crippen LogP contribution >= 0.6 is 0 Å². The summed E-state index contributed by atoms with van der Waals surface area (Å²) in [6, 6.07) is 5.80. The van der Waals surface area contributed by atoms with Gasteiger partial charge in [0, 0.05) is 30.6 Å². The first-order valence-electron chi connectivity index (χ1n) is 5.78. The summed E-state index contributed by atoms with van der Waals surface area (Å²) in [5.74, 6) is 0.145. The van der Waals surface area contributed by atoms with Gasteiger partial charge in [0.15, 0.2) is 0 Å². The molecule has 18 heavy (non-hydrogen) atoms. The smallest absolute Gasteiger partial charge is 0.148 e. The first kappa shape index (κ1) is 13.0. The van der Waals surface area contributed by atoms with Crippen LogP contribution in [0.1, 0.15) is 12.5 Å². The van der Waals surface area contributed by atoms with Crippen molar-refractivity contribution in [3.63, 3.8) is 0 Å². The van der Waals surface area contributed by atoms with Gasteiger partial charge in [0.05, 0.1) is 17.5 Å². The highest BCUT2D eigenvalue weighted by Gasteiger charge is 2.11. The summed E-state index contributed by atoms with van der Waals surface area (Å²) in [4.78, 5) is 0. The van der Waals surface area contributed by atoms with Crippen molar-refractivity contribution in [2.45, 2.75) is 19.5 Å². The van der Waals surface area contributed by atoms with Gasteiger partial charge in [-0.15, -0.1) is 0 Å². The molecule has 2 aromatic heterocycles. The third-order valence-electron chi connectivity index (χ3n) is 2.70. The molecule has 6 heteroatoms. The number of sulfone groups is 1. The van der Waals surface area contributed by atoms with E-state index in [1.54, 1.807) is 10.7 Å². The van der Waals surface area contributed by atoms with Crippen molar-refractivity contribution in [3.05, 3.63) is 36.2 Å². The standard InChI is InChI=1S/C12H17N3O2S/c1-10(9-18(2,16)17)13-7-11-8-14-15-6-4-3-5-12(11)15/h3-6,8,10,13H,7,9H2,1-2H3. The van der Waals surface area contributed by atoms with Gasteiger partial charge < -0.3 is 5.32 Å². The fourth-order valence-electron chi connectivity index (χ4n) is 1.92. The normalized spacial score (nSPS) is 13.9. The van der Waals surface area contributed by atoms with E-state index in [0.717, 1.165) is 11.1 Å². The Labute approximate surface area is 107 Å². The van der Waals surface area contributed by atoms with Gasteiger partial charge in [-0.05, 0) is 19.1 Å². The Hall–Kier alpha value is -1.40. The Morgan fingerprint density at radius 2 is 2.22 bits per heavy atom. The van der Waals surface area contributed by atoms with Gasteiger partial charge in [0.25, 0.3) is 0 Å². The summed E-state index contributed by atoms with van der Waals surface area (Å²) < 4.78 is 24.1. The second kappa shape index (κ2) is 5.07. The topological polar surface area (TPSA) is 63.5 Å². The highest BCUT2D eigenvalue weighted by molar-refractivity contribution is 7.90. The summed E-state index contributed by atoms with van der Waals surface area (Å²) in [5.41, 5.74) is 2.10. The number of hydrogen-bond donors (Lipinski definition) is 1. The average Bonchev–Trinajstić information content (AvgIpc) is 2.67. The number of aromatic nitrogens is 2. The van der Waals surface area contributed by atoms with E-state index in [-0.39, 0.29) is 11.8 Å². The summed E-state index contributed by atoms with van der Waals surface area (Å²) in [6.45, 7) is 2.48. The fourth-order valence-corrected chi connectivity index (χ4v) is 2.95. The van der Waals surface area contributed by atoms with Gasteiger partial charge in [-0.3, -0.25) is 0 Å². The molecule has 1 unspecified atom stereocenters. The Bertz CT molecular complexity index is 634. The molecule has 0 amide bonds. The molecule has 1 N–H and O–H groups in total. The Kier molecular flexibility index (Phi) is 3.68. The minimum atomic E-state index is -2.94. The zero-order valence-corrected chi connectivity index (χ0v) is 11.3. The maximum atomic E-state index is 11.2. The Balaban J connectivity index is 2.02. The maximum absolute atomic E-state index is 11.2. The molecule has 0 saturated heterocycles. The third-order valence-corrected chi connectivity index (χ3v) is 3.81. The molecule has 0 aliphatic rings. The molecule has 2 rings (SSSR count). The summed E-state index contributed by atoms with van der Waals surface area (Å²) >= 11 is 0. The highest BCUT2D eigenvalue weighted by Crippen LogP contribution is 2.09. The van der Waals surface area contributed by atoms with E-state index in [1.165, 1.54) is 6.26 Å². The van der Waals surface area contributed by atoms with Crippen LogP contribution in [0.15, 0.2) is 30.6 Å². The van der Waals surface area contributed by atoms with Crippen molar-refractivity contribution >= 4 is 15.4 Å². The van der Waals surface area contributed by atoms with Crippen LogP contribution in [-0.4, -0.2) is 36.1 Å². The predicted octanol–water partition coefficient (Wildman–Crippen LogP) is 0.857. The van der Waals surface area contributed by atoms with E-state index in [1.807, 2.05) is 31.3 Å². The van der Waals surface area contributed by atoms with Gasteiger partial charge in [-0.1, -0.05) is 6.07 Å². The number of fused-ring (bicyclic) bond motifs is 1. The molecule has 1 atom stereocenters. The minimum Gasteiger partial charge on any atom is -0.309 e. The SMILES string of the molecule is CC(CS(C)(=O)=O)NCc1cnn2ccccc12. The minimum absolute atomic E-state index is 0.0707. The second-order valence-electron chi connectivity index (χ2n) is 4.57. The molecular formula is C12H17N3O2S. The summed E-state index contributed by atoms with van der Waals surface area (Å²) in [6.07, 6.45) is 4.94. The molecule has 2 heterocycles. The largest absolute Gasteiger partial charge is 0.309 e. The van der Waals surface area contributed by atoms with Crippen LogP contribution in [-0.2, 0) is 16.4 Å². The summed E-state index contributed by atoms with van der Waals surface area (Å²) in [5, 5.41) is 7.43. The molecule has 0 aliphatic heterocycles. The van der Waals surface area contributed by atoms with Crippen LogP contribution in [0.2, 0.25) is 0 Å². The van der Waals surface area contributed by atoms with Crippen molar-refractivity contribution < 1.29 is 8.42 Å². The fraction of sp³-hybridized carbons (Fsp3) is 0.417. The van der Waals surface area contributed by atoms with Crippen LogP contribution in [0, 0.1) is 0 Å². The van der Waals surface area contributed by atoms with E-state index in [0.29, 0.717) is 6.54 Å². The van der Waals surface area contributed by atoms with E-state index in [9.17, 15) is 8.42 Å². The number of nitrogens with one attached hydrogen (secondary N) is 1. The van der Waals surface area contributed by atoms with Crippen molar-refractivity contribution in [2.75, 3.05) is 12.0 Å². The summed E-state index contributed by atoms with van der Waals surface area (Å²) in [7, 11) is -2.94. The number of nitrogens with zero attached hydrogens (tertiary/aromatic N) is 2. The molecule has 0 saturated carbocycles. The van der Waals surface area contributed by atoms with Crippen LogP contribution in [0.4, 0.5) is 0 Å². The number of rotatable bonds is 5. The maximum Gasteiger partial charge on any atom is 0.148 e. The first-order chi connectivity index (χ1) is 8.46. The van der Waals surface area contributed by atoms with Gasteiger partial charge in [-0.2, -0.15) is 5.10 Å². The molecule has 0 fully saturated rings. The van der Waals surface area contributed by atoms with Crippen LogP contribution < -0.4 is 5.32 Å². The molecular weight excluding hydrogens is 250 g/mol. The van der Waals surface area contributed by atoms with Gasteiger partial charge in [-0.25, -0.2) is 12.9 Å². The molecule has 0 radical (unpaired) electrons. The van der Waals surface area contributed by atoms with E-state index < -0.39 is 9.84 Å². The van der Waals surface area contributed by atoms with Gasteiger partial charge in [0.1, 0.15) is 9.84 Å². The number of hydrogen-bond acceptors (Lipinski definition) is 4. The zero-order valence-electron chi connectivity index (χ0n) is 10.5. The van der Waals surface area contributed by atoms with Crippen LogP contribution in [0.5, 0.6) is 0 Å². The lowest BCUT2D eigenvalue weighted by Gasteiger charge is -2.11. The van der Waals surface area contributed by atoms with Gasteiger partial charge >= 0.3 is 0 Å². The molecule has 0 aliphatic carbocycles. The first-order valence-corrected chi connectivity index (χ1v) is 7.84. The molecule has 2 aromatic rings. The van der Waals surface area contributed by atoms with E-state index >= 15 is 0 Å². The quantitative estimate of drug-likeness (QED) is 0.872. The van der Waals surface area contributed by atoms with Crippen molar-refractivity contribution in [1.29, 1.82) is 0 Å². The molecule has 0 spiro atoms. The molecule has 5 nitrogen and oxygen atoms in total. The van der Waals surface area contributed by atoms with Crippen molar-refractivity contribution in [3.8, 4) is 0 Å². The lowest BCUT2D eigenvalue weighted by atomic mass is 10.2. The lowest BCUT2D eigenvalue weighted by molar-refractivity contribution is 0.561. The van der Waals surface area contributed by atoms with Crippen LogP contribution in [0.3, 0.4) is 0 Å². The van der Waals surface area contributed by atoms with E-state index in [4.69, 9.17) is 0 Å².